The summed E-state index contributed by atoms with van der Waals surface area (Å²) in [7, 11) is 1.80. The molecule has 1 N–H and O–H groups in total. The number of nitrogens with zero attached hydrogens (tertiary/aromatic N) is 7. The molecule has 0 bridgehead atoms. The monoisotopic (exact) mass is 428 g/mol. The van der Waals surface area contributed by atoms with Crippen LogP contribution in [0.5, 0.6) is 0 Å². The molecule has 0 saturated heterocycles. The second-order valence-electron chi connectivity index (χ2n) is 6.16. The number of benzene rings is 1. The van der Waals surface area contributed by atoms with Crippen LogP contribution in [0.1, 0.15) is 22.3 Å². The van der Waals surface area contributed by atoms with Crippen LogP contribution in [0.15, 0.2) is 57.8 Å². The molecule has 1 unspecified atom stereocenters. The number of nitrogens with one attached hydrogen (secondary N) is 1. The average molecular weight is 429 g/mol. The number of aliphatic imine (C=N–C) groups is 1. The third-order valence-electron chi connectivity index (χ3n) is 4.30. The Morgan fingerprint density at radius 2 is 2.28 bits per heavy atom. The van der Waals surface area contributed by atoms with Crippen molar-refractivity contribution >= 4 is 34.3 Å². The van der Waals surface area contributed by atoms with Gasteiger partial charge in [-0.25, -0.2) is 9.37 Å². The van der Waals surface area contributed by atoms with Gasteiger partial charge in [-0.05, 0) is 23.7 Å². The SMILES string of the molecule is Cn1ccc(C2=C(CN=[N+]=[N-])NC(c3nccs3)=NC2c2ccc(F)cc2Cl)n1. The van der Waals surface area contributed by atoms with Crippen molar-refractivity contribution in [2.45, 2.75) is 6.04 Å². The Morgan fingerprint density at radius 1 is 1.41 bits per heavy atom. The summed E-state index contributed by atoms with van der Waals surface area (Å²) >= 11 is 7.79. The molecule has 3 heterocycles. The van der Waals surface area contributed by atoms with Crippen LogP contribution in [-0.4, -0.2) is 27.1 Å². The smallest absolute Gasteiger partial charge is 0.163 e. The molecule has 11 heteroatoms. The summed E-state index contributed by atoms with van der Waals surface area (Å²) in [6, 6.07) is 5.44. The Bertz CT molecular complexity index is 1160. The van der Waals surface area contributed by atoms with Gasteiger partial charge >= 0.3 is 0 Å². The van der Waals surface area contributed by atoms with Crippen LogP contribution in [0.4, 0.5) is 4.39 Å². The molecule has 1 atom stereocenters. The van der Waals surface area contributed by atoms with Gasteiger partial charge in [0.25, 0.3) is 0 Å². The standard InChI is InChI=1S/C18H14ClFN8S/c1-28-6-4-13(26-28)15-14(9-23-27-21)24-17(18-22-5-7-29-18)25-16(15)11-3-2-10(20)8-12(11)19/h2-8,16H,9H2,1H3,(H,24,25). The van der Waals surface area contributed by atoms with Gasteiger partial charge in [-0.2, -0.15) is 5.10 Å². The van der Waals surface area contributed by atoms with E-state index in [1.807, 2.05) is 11.4 Å². The molecule has 8 nitrogen and oxygen atoms in total. The van der Waals surface area contributed by atoms with Gasteiger partial charge < -0.3 is 5.32 Å². The molecule has 1 aromatic carbocycles. The van der Waals surface area contributed by atoms with Crippen LogP contribution < -0.4 is 5.32 Å². The van der Waals surface area contributed by atoms with E-state index < -0.39 is 11.9 Å². The van der Waals surface area contributed by atoms with Crippen LogP contribution in [0, 0.1) is 5.82 Å². The second kappa shape index (κ2) is 8.04. The zero-order valence-corrected chi connectivity index (χ0v) is 16.7. The van der Waals surface area contributed by atoms with Crippen LogP contribution in [0.2, 0.25) is 5.02 Å². The number of thiazole rings is 1. The number of aryl methyl sites for hydroxylation is 1. The van der Waals surface area contributed by atoms with Crippen LogP contribution >= 0.6 is 22.9 Å². The van der Waals surface area contributed by atoms with Crippen molar-refractivity contribution in [1.29, 1.82) is 0 Å². The van der Waals surface area contributed by atoms with E-state index in [0.29, 0.717) is 33.4 Å². The minimum absolute atomic E-state index is 0.0577. The topological polar surface area (TPSA) is 104 Å². The molecule has 146 valence electrons. The summed E-state index contributed by atoms with van der Waals surface area (Å²) < 4.78 is 15.3. The molecule has 1 aliphatic heterocycles. The lowest BCUT2D eigenvalue weighted by Gasteiger charge is -2.27. The predicted molar refractivity (Wildman–Crippen MR) is 110 cm³/mol. The first-order chi connectivity index (χ1) is 14.1. The molecular formula is C18H14ClFN8S. The summed E-state index contributed by atoms with van der Waals surface area (Å²) in [6.45, 7) is 0.0577. The fourth-order valence-corrected chi connectivity index (χ4v) is 3.94. The van der Waals surface area contributed by atoms with Gasteiger partial charge in [0.2, 0.25) is 0 Å². The summed E-state index contributed by atoms with van der Waals surface area (Å²) in [4.78, 5) is 12.0. The molecule has 2 aromatic heterocycles. The number of rotatable bonds is 5. The lowest BCUT2D eigenvalue weighted by atomic mass is 9.93. The number of hydrogen-bond acceptors (Lipinski definition) is 6. The first kappa shape index (κ1) is 19.1. The minimum atomic E-state index is -0.581. The summed E-state index contributed by atoms with van der Waals surface area (Å²) in [5.74, 6) is 0.0858. The Kier molecular flexibility index (Phi) is 5.30. The van der Waals surface area contributed by atoms with Gasteiger partial charge in [0.15, 0.2) is 10.8 Å². The van der Waals surface area contributed by atoms with Gasteiger partial charge in [0, 0.05) is 51.6 Å². The summed E-state index contributed by atoms with van der Waals surface area (Å²) in [5.41, 5.74) is 11.4. The molecule has 0 spiro atoms. The normalized spacial score (nSPS) is 16.2. The number of azide groups is 1. The molecule has 4 rings (SSSR count). The van der Waals surface area contributed by atoms with Crippen LogP contribution in [0.3, 0.4) is 0 Å². The van der Waals surface area contributed by atoms with E-state index in [1.54, 1.807) is 30.2 Å². The minimum Gasteiger partial charge on any atom is -0.341 e. The number of amidine groups is 1. The fraction of sp³-hybridized carbons (Fsp3) is 0.167. The highest BCUT2D eigenvalue weighted by Gasteiger charge is 2.30. The van der Waals surface area contributed by atoms with Crippen molar-refractivity contribution in [3.63, 3.8) is 0 Å². The number of halogens is 2. The van der Waals surface area contributed by atoms with Gasteiger partial charge in [-0.3, -0.25) is 9.67 Å². The Hall–Kier alpha value is -3.20. The number of hydrogen-bond donors (Lipinski definition) is 1. The molecule has 3 aromatic rings. The first-order valence-electron chi connectivity index (χ1n) is 8.50. The van der Waals surface area contributed by atoms with Gasteiger partial charge in [0.1, 0.15) is 11.9 Å². The maximum atomic E-state index is 13.7. The molecular weight excluding hydrogens is 415 g/mol. The van der Waals surface area contributed by atoms with Gasteiger partial charge in [-0.15, -0.1) is 11.3 Å². The van der Waals surface area contributed by atoms with Crippen molar-refractivity contribution in [2.24, 2.45) is 17.2 Å². The van der Waals surface area contributed by atoms with E-state index in [-0.39, 0.29) is 11.6 Å². The highest BCUT2D eigenvalue weighted by atomic mass is 35.5. The molecule has 0 fully saturated rings. The zero-order valence-electron chi connectivity index (χ0n) is 15.1. The summed E-state index contributed by atoms with van der Waals surface area (Å²) in [5, 5.41) is 14.2. The molecule has 0 radical (unpaired) electrons. The van der Waals surface area contributed by atoms with E-state index in [2.05, 4.69) is 25.4 Å². The highest BCUT2D eigenvalue weighted by Crippen LogP contribution is 2.40. The van der Waals surface area contributed by atoms with E-state index >= 15 is 0 Å². The lowest BCUT2D eigenvalue weighted by molar-refractivity contribution is 0.626. The molecule has 0 saturated carbocycles. The van der Waals surface area contributed by atoms with Crippen LogP contribution in [0.25, 0.3) is 16.0 Å². The molecule has 1 aliphatic rings. The lowest BCUT2D eigenvalue weighted by Crippen LogP contribution is -2.32. The Balaban J connectivity index is 1.93. The first-order valence-corrected chi connectivity index (χ1v) is 9.76. The van der Waals surface area contributed by atoms with Crippen molar-refractivity contribution in [2.75, 3.05) is 6.54 Å². The zero-order chi connectivity index (χ0) is 20.4. The van der Waals surface area contributed by atoms with Crippen molar-refractivity contribution in [3.8, 4) is 0 Å². The van der Waals surface area contributed by atoms with E-state index in [0.717, 1.165) is 0 Å². The van der Waals surface area contributed by atoms with E-state index in [9.17, 15) is 4.39 Å². The van der Waals surface area contributed by atoms with E-state index in [4.69, 9.17) is 22.1 Å². The fourth-order valence-electron chi connectivity index (χ4n) is 3.08. The van der Waals surface area contributed by atoms with Crippen LogP contribution in [-0.2, 0) is 7.05 Å². The molecule has 0 aliphatic carbocycles. The van der Waals surface area contributed by atoms with Gasteiger partial charge in [-0.1, -0.05) is 22.8 Å². The van der Waals surface area contributed by atoms with Crippen molar-refractivity contribution in [3.05, 3.63) is 85.3 Å². The third-order valence-corrected chi connectivity index (χ3v) is 5.41. The highest BCUT2D eigenvalue weighted by molar-refractivity contribution is 7.11. The third kappa shape index (κ3) is 3.86. The quantitative estimate of drug-likeness (QED) is 0.368. The largest absolute Gasteiger partial charge is 0.341 e. The Morgan fingerprint density at radius 3 is 2.93 bits per heavy atom. The van der Waals surface area contributed by atoms with Crippen molar-refractivity contribution in [1.82, 2.24) is 20.1 Å². The van der Waals surface area contributed by atoms with Gasteiger partial charge in [0.05, 0.1) is 12.2 Å². The Labute approximate surface area is 174 Å². The maximum absolute atomic E-state index is 13.7. The molecule has 0 amide bonds. The summed E-state index contributed by atoms with van der Waals surface area (Å²) in [6.07, 6.45) is 3.48. The van der Waals surface area contributed by atoms with Crippen molar-refractivity contribution < 1.29 is 4.39 Å². The maximum Gasteiger partial charge on any atom is 0.163 e. The predicted octanol–water partition coefficient (Wildman–Crippen LogP) is 4.48. The van der Waals surface area contributed by atoms with E-state index in [1.165, 1.54) is 23.5 Å². The average Bonchev–Trinajstić information content (AvgIpc) is 3.37. The molecule has 29 heavy (non-hydrogen) atoms. The second-order valence-corrected chi connectivity index (χ2v) is 7.47. The number of aromatic nitrogens is 3.